The van der Waals surface area contributed by atoms with E-state index in [1.165, 1.54) is 0 Å². The van der Waals surface area contributed by atoms with E-state index in [0.29, 0.717) is 27.3 Å². The molecule has 0 spiro atoms. The van der Waals surface area contributed by atoms with Crippen LogP contribution in [0.4, 0.5) is 17.3 Å². The highest BCUT2D eigenvalue weighted by Gasteiger charge is 2.24. The zero-order valence-electron chi connectivity index (χ0n) is 18.8. The van der Waals surface area contributed by atoms with Gasteiger partial charge in [0, 0.05) is 0 Å². The second-order valence-corrected chi connectivity index (χ2v) is 10.9. The average molecular weight is 481 g/mol. The second-order valence-electron chi connectivity index (χ2n) is 8.85. The van der Waals surface area contributed by atoms with Gasteiger partial charge in [-0.05, 0) is 53.8 Å². The highest BCUT2D eigenvalue weighted by atomic mass is 35.5. The minimum atomic E-state index is -3.95. The summed E-state index contributed by atoms with van der Waals surface area (Å²) in [7, 11) is -3.95. The van der Waals surface area contributed by atoms with E-state index in [9.17, 15) is 8.42 Å². The Kier molecular flexibility index (Phi) is 6.03. The van der Waals surface area contributed by atoms with Crippen molar-refractivity contribution in [2.45, 2.75) is 38.0 Å². The molecule has 170 valence electrons. The second kappa shape index (κ2) is 8.65. The van der Waals surface area contributed by atoms with Crippen LogP contribution in [0.2, 0.25) is 5.02 Å². The molecule has 2 N–H and O–H groups in total. The predicted molar refractivity (Wildman–Crippen MR) is 135 cm³/mol. The van der Waals surface area contributed by atoms with Crippen molar-refractivity contribution in [1.82, 2.24) is 9.97 Å². The van der Waals surface area contributed by atoms with E-state index in [1.54, 1.807) is 31.2 Å². The summed E-state index contributed by atoms with van der Waals surface area (Å²) in [6.45, 7) is 7.90. The molecule has 1 aromatic heterocycles. The van der Waals surface area contributed by atoms with Crippen molar-refractivity contribution in [3.63, 3.8) is 0 Å². The summed E-state index contributed by atoms with van der Waals surface area (Å²) in [5, 5.41) is 3.61. The molecule has 0 atom stereocenters. The highest BCUT2D eigenvalue weighted by Crippen LogP contribution is 2.32. The number of para-hydroxylation sites is 3. The number of sulfonamides is 1. The van der Waals surface area contributed by atoms with Crippen molar-refractivity contribution < 1.29 is 8.42 Å². The molecule has 4 rings (SSSR count). The van der Waals surface area contributed by atoms with E-state index in [-0.39, 0.29) is 21.9 Å². The van der Waals surface area contributed by atoms with E-state index in [1.807, 2.05) is 63.2 Å². The molecule has 3 aromatic carbocycles. The molecule has 0 unspecified atom stereocenters. The summed E-state index contributed by atoms with van der Waals surface area (Å²) in [4.78, 5) is 9.37. The molecule has 0 aliphatic rings. The molecule has 1 heterocycles. The number of aromatic nitrogens is 2. The lowest BCUT2D eigenvalue weighted by Crippen LogP contribution is -2.19. The first-order valence-electron chi connectivity index (χ1n) is 10.5. The lowest BCUT2D eigenvalue weighted by Gasteiger charge is -2.21. The van der Waals surface area contributed by atoms with E-state index in [4.69, 9.17) is 11.6 Å². The summed E-state index contributed by atoms with van der Waals surface area (Å²) in [6, 6.07) is 19.9. The van der Waals surface area contributed by atoms with E-state index < -0.39 is 10.0 Å². The van der Waals surface area contributed by atoms with Crippen molar-refractivity contribution >= 4 is 50.0 Å². The molecular weight excluding hydrogens is 456 g/mol. The van der Waals surface area contributed by atoms with Crippen molar-refractivity contribution in [2.75, 3.05) is 10.0 Å². The smallest absolute Gasteiger partial charge is 0.263 e. The van der Waals surface area contributed by atoms with Gasteiger partial charge >= 0.3 is 0 Å². The summed E-state index contributed by atoms with van der Waals surface area (Å²) in [6.07, 6.45) is 0. The van der Waals surface area contributed by atoms with Gasteiger partial charge in [0.1, 0.15) is 0 Å². The molecule has 4 aromatic rings. The number of fused-ring (bicyclic) bond motifs is 1. The highest BCUT2D eigenvalue weighted by molar-refractivity contribution is 7.92. The lowest BCUT2D eigenvalue weighted by atomic mass is 9.87. The molecule has 0 aliphatic carbocycles. The van der Waals surface area contributed by atoms with Crippen LogP contribution in [0.15, 0.2) is 71.6 Å². The molecule has 0 radical (unpaired) electrons. The van der Waals surface area contributed by atoms with Gasteiger partial charge in [0.05, 0.1) is 26.6 Å². The molecule has 0 bridgehead atoms. The van der Waals surface area contributed by atoms with E-state index in [2.05, 4.69) is 20.0 Å². The fourth-order valence-electron chi connectivity index (χ4n) is 3.39. The Balaban J connectivity index is 1.81. The summed E-state index contributed by atoms with van der Waals surface area (Å²) >= 11 is 6.31. The summed E-state index contributed by atoms with van der Waals surface area (Å²) in [5.74, 6) is 0.351. The minimum absolute atomic E-state index is 0.0918. The van der Waals surface area contributed by atoms with Crippen LogP contribution in [-0.4, -0.2) is 18.4 Å². The van der Waals surface area contributed by atoms with E-state index >= 15 is 0 Å². The molecular formula is C25H25ClN4O2S. The Morgan fingerprint density at radius 2 is 1.45 bits per heavy atom. The van der Waals surface area contributed by atoms with Crippen molar-refractivity contribution in [3.8, 4) is 0 Å². The van der Waals surface area contributed by atoms with Crippen LogP contribution in [0.3, 0.4) is 0 Å². The summed E-state index contributed by atoms with van der Waals surface area (Å²) < 4.78 is 29.6. The summed E-state index contributed by atoms with van der Waals surface area (Å²) in [5.41, 5.74) is 3.16. The first kappa shape index (κ1) is 23.0. The van der Waals surface area contributed by atoms with Gasteiger partial charge in [-0.1, -0.05) is 68.8 Å². The number of hydrogen-bond donors (Lipinski definition) is 2. The van der Waals surface area contributed by atoms with Gasteiger partial charge < -0.3 is 5.32 Å². The molecule has 0 saturated carbocycles. The maximum absolute atomic E-state index is 13.5. The standard InChI is InChI=1S/C25H25ClN4O2S/c1-16-13-14-17(25(2,3)4)15-22(16)33(31,32)30-24-23(27-19-10-6-5-9-18(19)26)28-20-11-7-8-12-21(20)29-24/h5-15H,1-4H3,(H,27,28)(H,29,30). The monoisotopic (exact) mass is 480 g/mol. The Labute approximate surface area is 199 Å². The predicted octanol–water partition coefficient (Wildman–Crippen LogP) is 6.43. The number of benzene rings is 3. The number of halogens is 1. The third kappa shape index (κ3) is 4.94. The molecule has 0 saturated heterocycles. The largest absolute Gasteiger partial charge is 0.336 e. The quantitative estimate of drug-likeness (QED) is 0.343. The zero-order valence-corrected chi connectivity index (χ0v) is 20.4. The molecule has 0 fully saturated rings. The van der Waals surface area contributed by atoms with Crippen LogP contribution in [0.5, 0.6) is 0 Å². The first-order chi connectivity index (χ1) is 15.5. The van der Waals surface area contributed by atoms with Gasteiger partial charge in [-0.2, -0.15) is 0 Å². The number of rotatable bonds is 5. The molecule has 0 amide bonds. The van der Waals surface area contributed by atoms with Crippen molar-refractivity contribution in [1.29, 1.82) is 0 Å². The van der Waals surface area contributed by atoms with Crippen LogP contribution in [0.25, 0.3) is 11.0 Å². The molecule has 0 aliphatic heterocycles. The Morgan fingerprint density at radius 1 is 0.848 bits per heavy atom. The zero-order chi connectivity index (χ0) is 23.8. The van der Waals surface area contributed by atoms with Gasteiger partial charge in [-0.25, -0.2) is 18.4 Å². The Morgan fingerprint density at radius 3 is 2.09 bits per heavy atom. The van der Waals surface area contributed by atoms with Crippen LogP contribution >= 0.6 is 11.6 Å². The van der Waals surface area contributed by atoms with Gasteiger partial charge in [0.15, 0.2) is 11.6 Å². The number of nitrogens with zero attached hydrogens (tertiary/aromatic N) is 2. The number of aryl methyl sites for hydroxylation is 1. The average Bonchev–Trinajstić information content (AvgIpc) is 2.75. The van der Waals surface area contributed by atoms with Crippen LogP contribution < -0.4 is 10.0 Å². The number of nitrogens with one attached hydrogen (secondary N) is 2. The first-order valence-corrected chi connectivity index (χ1v) is 12.3. The molecule has 6 nitrogen and oxygen atoms in total. The maximum Gasteiger partial charge on any atom is 0.263 e. The van der Waals surface area contributed by atoms with Crippen molar-refractivity contribution in [2.24, 2.45) is 0 Å². The SMILES string of the molecule is Cc1ccc(C(C)(C)C)cc1S(=O)(=O)Nc1nc2ccccc2nc1Nc1ccccc1Cl. The Bertz CT molecular complexity index is 1450. The number of anilines is 3. The molecule has 8 heteroatoms. The van der Waals surface area contributed by atoms with Crippen LogP contribution in [0.1, 0.15) is 31.9 Å². The number of hydrogen-bond acceptors (Lipinski definition) is 5. The minimum Gasteiger partial charge on any atom is -0.336 e. The topological polar surface area (TPSA) is 84.0 Å². The van der Waals surface area contributed by atoms with Gasteiger partial charge in [-0.15, -0.1) is 0 Å². The molecule has 33 heavy (non-hydrogen) atoms. The van der Waals surface area contributed by atoms with Crippen LogP contribution in [-0.2, 0) is 15.4 Å². The van der Waals surface area contributed by atoms with Gasteiger partial charge in [0.2, 0.25) is 0 Å². The van der Waals surface area contributed by atoms with Gasteiger partial charge in [-0.3, -0.25) is 4.72 Å². The Hall–Kier alpha value is -3.16. The van der Waals surface area contributed by atoms with E-state index in [0.717, 1.165) is 5.56 Å². The van der Waals surface area contributed by atoms with Crippen molar-refractivity contribution in [3.05, 3.63) is 82.9 Å². The fraction of sp³-hybridized carbons (Fsp3) is 0.200. The third-order valence-corrected chi connectivity index (χ3v) is 7.08. The normalized spacial score (nSPS) is 12.0. The lowest BCUT2D eigenvalue weighted by molar-refractivity contribution is 0.584. The third-order valence-electron chi connectivity index (χ3n) is 5.27. The van der Waals surface area contributed by atoms with Crippen LogP contribution in [0, 0.1) is 6.92 Å². The van der Waals surface area contributed by atoms with Gasteiger partial charge in [0.25, 0.3) is 10.0 Å². The fourth-order valence-corrected chi connectivity index (χ4v) is 4.85. The maximum atomic E-state index is 13.5.